The summed E-state index contributed by atoms with van der Waals surface area (Å²) in [7, 11) is 0. The average Bonchev–Trinajstić information content (AvgIpc) is 2.37. The quantitative estimate of drug-likeness (QED) is 0.599. The van der Waals surface area contributed by atoms with E-state index < -0.39 is 0 Å². The van der Waals surface area contributed by atoms with Crippen molar-refractivity contribution < 1.29 is 4.79 Å². The first-order chi connectivity index (χ1) is 9.10. The molecule has 1 fully saturated rings. The van der Waals surface area contributed by atoms with Crippen LogP contribution >= 0.6 is 47.8 Å². The lowest BCUT2D eigenvalue weighted by Gasteiger charge is -2.32. The summed E-state index contributed by atoms with van der Waals surface area (Å²) in [5.74, 6) is 0.772. The Hall–Kier alpha value is 0.130. The Morgan fingerprint density at radius 2 is 1.95 bits per heavy atom. The fourth-order valence-corrected chi connectivity index (χ4v) is 4.44. The van der Waals surface area contributed by atoms with E-state index in [-0.39, 0.29) is 5.91 Å². The highest BCUT2D eigenvalue weighted by Gasteiger charge is 2.24. The molecule has 0 aliphatic carbocycles. The Morgan fingerprint density at radius 3 is 2.58 bits per heavy atom. The monoisotopic (exact) mass is 451 g/mol. The first kappa shape index (κ1) is 15.5. The van der Waals surface area contributed by atoms with E-state index in [1.165, 1.54) is 6.42 Å². The number of likely N-dealkylation sites (tertiary alicyclic amines) is 1. The van der Waals surface area contributed by atoms with Crippen LogP contribution in [0.4, 0.5) is 0 Å². The number of halogens is 3. The highest BCUT2D eigenvalue weighted by molar-refractivity contribution is 9.11. The average molecular weight is 454 g/mol. The number of hydrogen-bond donors (Lipinski definition) is 0. The second-order valence-corrected chi connectivity index (χ2v) is 7.52. The van der Waals surface area contributed by atoms with E-state index >= 15 is 0 Å². The van der Waals surface area contributed by atoms with Crippen LogP contribution in [0, 0.1) is 5.92 Å². The fraction of sp³-hybridized carbons (Fsp3) is 0.500. The van der Waals surface area contributed by atoms with Crippen LogP contribution < -0.4 is 0 Å². The zero-order valence-electron chi connectivity index (χ0n) is 10.5. The number of benzene rings is 1. The molecule has 0 bridgehead atoms. The molecule has 0 aromatic heterocycles. The molecule has 2 nitrogen and oxygen atoms in total. The van der Waals surface area contributed by atoms with Crippen LogP contribution in [0.1, 0.15) is 29.6 Å². The standard InChI is InChI=1S/C14H16Br3NO/c15-4-3-10-2-1-5-18(9-10)14(19)11-6-12(16)8-13(17)7-11/h6-8,10H,1-5,9H2. The fourth-order valence-electron chi connectivity index (χ4n) is 2.50. The molecular weight excluding hydrogens is 438 g/mol. The van der Waals surface area contributed by atoms with Gasteiger partial charge in [-0.15, -0.1) is 0 Å². The van der Waals surface area contributed by atoms with Crippen LogP contribution in [0.15, 0.2) is 27.1 Å². The van der Waals surface area contributed by atoms with Crippen LogP contribution in [0.25, 0.3) is 0 Å². The zero-order valence-corrected chi connectivity index (χ0v) is 15.3. The first-order valence-electron chi connectivity index (χ1n) is 6.41. The summed E-state index contributed by atoms with van der Waals surface area (Å²) < 4.78 is 1.86. The van der Waals surface area contributed by atoms with Crippen molar-refractivity contribution in [2.24, 2.45) is 5.92 Å². The molecule has 1 aliphatic rings. The second kappa shape index (κ2) is 7.23. The Labute approximate surface area is 139 Å². The third-order valence-electron chi connectivity index (χ3n) is 3.43. The predicted molar refractivity (Wildman–Crippen MR) is 88.9 cm³/mol. The molecule has 0 saturated carbocycles. The van der Waals surface area contributed by atoms with Crippen molar-refractivity contribution in [2.45, 2.75) is 19.3 Å². The van der Waals surface area contributed by atoms with E-state index in [2.05, 4.69) is 47.8 Å². The maximum absolute atomic E-state index is 12.5. The summed E-state index contributed by atoms with van der Waals surface area (Å²) in [5.41, 5.74) is 0.751. The number of carbonyl (C=O) groups excluding carboxylic acids is 1. The SMILES string of the molecule is O=C(c1cc(Br)cc(Br)c1)N1CCCC(CCBr)C1. The molecule has 1 aromatic carbocycles. The molecule has 19 heavy (non-hydrogen) atoms. The normalized spacial score (nSPS) is 19.5. The molecule has 1 saturated heterocycles. The highest BCUT2D eigenvalue weighted by atomic mass is 79.9. The van der Waals surface area contributed by atoms with Crippen LogP contribution in [0.3, 0.4) is 0 Å². The van der Waals surface area contributed by atoms with Crippen molar-refractivity contribution in [3.63, 3.8) is 0 Å². The summed E-state index contributed by atoms with van der Waals surface area (Å²) >= 11 is 10.4. The summed E-state index contributed by atoms with van der Waals surface area (Å²) in [6.07, 6.45) is 3.49. The van der Waals surface area contributed by atoms with Gasteiger partial charge in [0.2, 0.25) is 0 Å². The number of alkyl halides is 1. The van der Waals surface area contributed by atoms with E-state index in [1.807, 2.05) is 23.1 Å². The van der Waals surface area contributed by atoms with Crippen molar-refractivity contribution >= 4 is 53.7 Å². The van der Waals surface area contributed by atoms with Crippen LogP contribution in [-0.4, -0.2) is 29.2 Å². The molecule has 5 heteroatoms. The lowest BCUT2D eigenvalue weighted by molar-refractivity contribution is 0.0672. The maximum Gasteiger partial charge on any atom is 0.253 e. The van der Waals surface area contributed by atoms with Gasteiger partial charge < -0.3 is 4.90 Å². The number of amides is 1. The van der Waals surface area contributed by atoms with E-state index in [9.17, 15) is 4.79 Å². The van der Waals surface area contributed by atoms with Crippen molar-refractivity contribution in [3.05, 3.63) is 32.7 Å². The number of hydrogen-bond acceptors (Lipinski definition) is 1. The molecule has 1 unspecified atom stereocenters. The Kier molecular flexibility index (Phi) is 5.90. The van der Waals surface area contributed by atoms with Gasteiger partial charge in [-0.25, -0.2) is 0 Å². The van der Waals surface area contributed by atoms with Gasteiger partial charge in [-0.05, 0) is 43.4 Å². The van der Waals surface area contributed by atoms with Gasteiger partial charge in [0.05, 0.1) is 0 Å². The Morgan fingerprint density at radius 1 is 1.26 bits per heavy atom. The molecule has 0 N–H and O–H groups in total. The van der Waals surface area contributed by atoms with Crippen molar-refractivity contribution in [3.8, 4) is 0 Å². The van der Waals surface area contributed by atoms with Gasteiger partial charge in [0, 0.05) is 32.9 Å². The van der Waals surface area contributed by atoms with E-state index in [4.69, 9.17) is 0 Å². The van der Waals surface area contributed by atoms with E-state index in [1.54, 1.807) is 0 Å². The minimum atomic E-state index is 0.140. The minimum absolute atomic E-state index is 0.140. The molecule has 1 amide bonds. The molecule has 1 heterocycles. The summed E-state index contributed by atoms with van der Waals surface area (Å²) in [6, 6.07) is 5.73. The predicted octanol–water partition coefficient (Wildman–Crippen LogP) is 4.85. The van der Waals surface area contributed by atoms with Crippen LogP contribution in [0.2, 0.25) is 0 Å². The lowest BCUT2D eigenvalue weighted by Crippen LogP contribution is -2.40. The smallest absolute Gasteiger partial charge is 0.253 e. The Balaban J connectivity index is 2.10. The van der Waals surface area contributed by atoms with Gasteiger partial charge in [0.25, 0.3) is 5.91 Å². The molecule has 1 aliphatic heterocycles. The highest BCUT2D eigenvalue weighted by Crippen LogP contribution is 2.25. The summed E-state index contributed by atoms with van der Waals surface area (Å²) in [6.45, 7) is 1.76. The molecule has 104 valence electrons. The molecule has 0 spiro atoms. The van der Waals surface area contributed by atoms with Crippen molar-refractivity contribution in [2.75, 3.05) is 18.4 Å². The third-order valence-corrected chi connectivity index (χ3v) is 4.81. The van der Waals surface area contributed by atoms with Crippen LogP contribution in [-0.2, 0) is 0 Å². The molecule has 1 atom stereocenters. The summed E-state index contributed by atoms with van der Waals surface area (Å²) in [4.78, 5) is 14.5. The van der Waals surface area contributed by atoms with E-state index in [0.29, 0.717) is 5.92 Å². The first-order valence-corrected chi connectivity index (χ1v) is 9.12. The van der Waals surface area contributed by atoms with Crippen molar-refractivity contribution in [1.82, 2.24) is 4.90 Å². The maximum atomic E-state index is 12.5. The topological polar surface area (TPSA) is 20.3 Å². The van der Waals surface area contributed by atoms with Gasteiger partial charge in [0.15, 0.2) is 0 Å². The lowest BCUT2D eigenvalue weighted by atomic mass is 9.95. The summed E-state index contributed by atoms with van der Waals surface area (Å²) in [5, 5.41) is 1.02. The molecule has 2 rings (SSSR count). The van der Waals surface area contributed by atoms with Gasteiger partial charge in [-0.3, -0.25) is 4.79 Å². The molecule has 0 radical (unpaired) electrons. The van der Waals surface area contributed by atoms with Gasteiger partial charge in [0.1, 0.15) is 0 Å². The second-order valence-electron chi connectivity index (χ2n) is 4.90. The molecule has 1 aromatic rings. The number of rotatable bonds is 3. The zero-order chi connectivity index (χ0) is 13.8. The number of carbonyl (C=O) groups is 1. The number of piperidine rings is 1. The van der Waals surface area contributed by atoms with Gasteiger partial charge in [-0.2, -0.15) is 0 Å². The van der Waals surface area contributed by atoms with Gasteiger partial charge in [-0.1, -0.05) is 47.8 Å². The van der Waals surface area contributed by atoms with Crippen LogP contribution in [0.5, 0.6) is 0 Å². The Bertz CT molecular complexity index is 442. The molecular formula is C14H16Br3NO. The van der Waals surface area contributed by atoms with E-state index in [0.717, 1.165) is 45.8 Å². The van der Waals surface area contributed by atoms with Crippen molar-refractivity contribution in [1.29, 1.82) is 0 Å². The number of nitrogens with zero attached hydrogens (tertiary/aromatic N) is 1. The minimum Gasteiger partial charge on any atom is -0.338 e. The largest absolute Gasteiger partial charge is 0.338 e. The third kappa shape index (κ3) is 4.30. The van der Waals surface area contributed by atoms with Gasteiger partial charge >= 0.3 is 0 Å².